The Balaban J connectivity index is 1.69. The zero-order valence-electron chi connectivity index (χ0n) is 10.5. The third-order valence-electron chi connectivity index (χ3n) is 3.63. The van der Waals surface area contributed by atoms with Crippen LogP contribution in [0.2, 0.25) is 0 Å². The standard InChI is InChI=1S/C14H17NO3/c1-2-15-6-5-12(8-15)18-11-3-4-13-10(7-11)9-17-14(13)16/h3-4,7,12H,2,5-6,8-9H2,1H3. The number of carbonyl (C=O) groups excluding carboxylic acids is 1. The number of rotatable bonds is 3. The third-order valence-corrected chi connectivity index (χ3v) is 3.63. The summed E-state index contributed by atoms with van der Waals surface area (Å²) in [6.07, 6.45) is 1.33. The minimum atomic E-state index is -0.227. The molecule has 2 aliphatic rings. The molecule has 0 aromatic heterocycles. The van der Waals surface area contributed by atoms with Crippen LogP contribution in [0.4, 0.5) is 0 Å². The Bertz CT molecular complexity index is 472. The van der Waals surface area contributed by atoms with Crippen molar-refractivity contribution in [3.63, 3.8) is 0 Å². The third kappa shape index (κ3) is 2.08. The van der Waals surface area contributed by atoms with Gasteiger partial charge < -0.3 is 9.47 Å². The molecule has 2 heterocycles. The highest BCUT2D eigenvalue weighted by molar-refractivity contribution is 5.93. The Morgan fingerprint density at radius 1 is 1.50 bits per heavy atom. The monoisotopic (exact) mass is 247 g/mol. The van der Waals surface area contributed by atoms with Crippen molar-refractivity contribution in [3.8, 4) is 5.75 Å². The van der Waals surface area contributed by atoms with Gasteiger partial charge in [-0.3, -0.25) is 4.90 Å². The van der Waals surface area contributed by atoms with Crippen molar-refractivity contribution < 1.29 is 14.3 Å². The predicted molar refractivity (Wildman–Crippen MR) is 66.7 cm³/mol. The van der Waals surface area contributed by atoms with Crippen molar-refractivity contribution in [2.24, 2.45) is 0 Å². The van der Waals surface area contributed by atoms with E-state index in [0.29, 0.717) is 12.2 Å². The lowest BCUT2D eigenvalue weighted by Crippen LogP contribution is -2.24. The van der Waals surface area contributed by atoms with Crippen LogP contribution in [0.25, 0.3) is 0 Å². The number of fused-ring (bicyclic) bond motifs is 1. The van der Waals surface area contributed by atoms with Gasteiger partial charge in [0.1, 0.15) is 18.5 Å². The predicted octanol–water partition coefficient (Wildman–Crippen LogP) is 1.83. The first-order chi connectivity index (χ1) is 8.76. The average molecular weight is 247 g/mol. The number of likely N-dealkylation sites (N-methyl/N-ethyl adjacent to an activating group) is 1. The van der Waals surface area contributed by atoms with Crippen LogP contribution in [0.3, 0.4) is 0 Å². The van der Waals surface area contributed by atoms with Crippen molar-refractivity contribution >= 4 is 5.97 Å². The van der Waals surface area contributed by atoms with E-state index in [1.165, 1.54) is 0 Å². The maximum Gasteiger partial charge on any atom is 0.338 e. The second kappa shape index (κ2) is 4.61. The molecule has 3 rings (SSSR count). The van der Waals surface area contributed by atoms with E-state index in [9.17, 15) is 4.79 Å². The molecule has 1 aromatic carbocycles. The highest BCUT2D eigenvalue weighted by Crippen LogP contribution is 2.26. The molecular weight excluding hydrogens is 230 g/mol. The lowest BCUT2D eigenvalue weighted by atomic mass is 10.1. The fourth-order valence-electron chi connectivity index (χ4n) is 2.56. The lowest BCUT2D eigenvalue weighted by Gasteiger charge is -2.15. The fraction of sp³-hybridized carbons (Fsp3) is 0.500. The molecule has 0 radical (unpaired) electrons. The van der Waals surface area contributed by atoms with Crippen LogP contribution < -0.4 is 4.74 Å². The molecule has 0 bridgehead atoms. The maximum absolute atomic E-state index is 11.3. The van der Waals surface area contributed by atoms with Crippen LogP contribution in [0, 0.1) is 0 Å². The molecule has 0 saturated carbocycles. The molecule has 0 amide bonds. The number of carbonyl (C=O) groups is 1. The molecule has 1 saturated heterocycles. The molecule has 4 nitrogen and oxygen atoms in total. The zero-order chi connectivity index (χ0) is 12.5. The smallest absolute Gasteiger partial charge is 0.338 e. The maximum atomic E-state index is 11.3. The van der Waals surface area contributed by atoms with Gasteiger partial charge in [-0.1, -0.05) is 6.92 Å². The van der Waals surface area contributed by atoms with E-state index >= 15 is 0 Å². The number of benzene rings is 1. The Kier molecular flexibility index (Phi) is 2.96. The van der Waals surface area contributed by atoms with E-state index in [1.54, 1.807) is 6.07 Å². The number of hydrogen-bond donors (Lipinski definition) is 0. The highest BCUT2D eigenvalue weighted by atomic mass is 16.5. The summed E-state index contributed by atoms with van der Waals surface area (Å²) < 4.78 is 10.9. The SMILES string of the molecule is CCN1CCC(Oc2ccc3c(c2)COC3=O)C1. The first kappa shape index (κ1) is 11.5. The van der Waals surface area contributed by atoms with Crippen LogP contribution in [-0.2, 0) is 11.3 Å². The van der Waals surface area contributed by atoms with Crippen molar-refractivity contribution in [2.75, 3.05) is 19.6 Å². The first-order valence-corrected chi connectivity index (χ1v) is 6.45. The molecule has 96 valence electrons. The quantitative estimate of drug-likeness (QED) is 0.764. The summed E-state index contributed by atoms with van der Waals surface area (Å²) in [6.45, 7) is 5.71. The topological polar surface area (TPSA) is 38.8 Å². The number of likely N-dealkylation sites (tertiary alicyclic amines) is 1. The molecule has 0 N–H and O–H groups in total. The molecule has 1 atom stereocenters. The largest absolute Gasteiger partial charge is 0.489 e. The molecule has 1 unspecified atom stereocenters. The molecule has 1 fully saturated rings. The first-order valence-electron chi connectivity index (χ1n) is 6.45. The molecular formula is C14H17NO3. The summed E-state index contributed by atoms with van der Waals surface area (Å²) in [6, 6.07) is 5.58. The fourth-order valence-corrected chi connectivity index (χ4v) is 2.56. The van der Waals surface area contributed by atoms with Gasteiger partial charge in [0.05, 0.1) is 5.56 Å². The molecule has 18 heavy (non-hydrogen) atoms. The lowest BCUT2D eigenvalue weighted by molar-refractivity contribution is 0.0535. The van der Waals surface area contributed by atoms with Crippen LogP contribution in [0.15, 0.2) is 18.2 Å². The Morgan fingerprint density at radius 3 is 3.17 bits per heavy atom. The van der Waals surface area contributed by atoms with Crippen molar-refractivity contribution in [2.45, 2.75) is 26.1 Å². The Hall–Kier alpha value is -1.55. The summed E-state index contributed by atoms with van der Waals surface area (Å²) in [5.41, 5.74) is 1.60. The summed E-state index contributed by atoms with van der Waals surface area (Å²) in [7, 11) is 0. The van der Waals surface area contributed by atoms with E-state index in [2.05, 4.69) is 11.8 Å². The zero-order valence-corrected chi connectivity index (χ0v) is 10.5. The van der Waals surface area contributed by atoms with E-state index in [4.69, 9.17) is 9.47 Å². The van der Waals surface area contributed by atoms with E-state index < -0.39 is 0 Å². The average Bonchev–Trinajstić information content (AvgIpc) is 2.97. The molecule has 0 spiro atoms. The Labute approximate surface area is 106 Å². The molecule has 1 aromatic rings. The number of ether oxygens (including phenoxy) is 2. The summed E-state index contributed by atoms with van der Waals surface area (Å²) in [4.78, 5) is 13.7. The summed E-state index contributed by atoms with van der Waals surface area (Å²) in [5.74, 6) is 0.615. The van der Waals surface area contributed by atoms with Crippen LogP contribution >= 0.6 is 0 Å². The van der Waals surface area contributed by atoms with Crippen LogP contribution in [-0.4, -0.2) is 36.6 Å². The number of hydrogen-bond acceptors (Lipinski definition) is 4. The van der Waals surface area contributed by atoms with Gasteiger partial charge in [0.15, 0.2) is 0 Å². The summed E-state index contributed by atoms with van der Waals surface area (Å²) >= 11 is 0. The molecule has 4 heteroatoms. The van der Waals surface area contributed by atoms with Gasteiger partial charge in [-0.05, 0) is 31.2 Å². The summed E-state index contributed by atoms with van der Waals surface area (Å²) in [5, 5.41) is 0. The number of cyclic esters (lactones) is 1. The normalized spacial score (nSPS) is 22.9. The van der Waals surface area contributed by atoms with Gasteiger partial charge in [-0.2, -0.15) is 0 Å². The molecule has 0 aliphatic carbocycles. The highest BCUT2D eigenvalue weighted by Gasteiger charge is 2.25. The van der Waals surface area contributed by atoms with Gasteiger partial charge in [0.25, 0.3) is 0 Å². The van der Waals surface area contributed by atoms with Gasteiger partial charge >= 0.3 is 5.97 Å². The minimum absolute atomic E-state index is 0.227. The second-order valence-electron chi connectivity index (χ2n) is 4.82. The van der Waals surface area contributed by atoms with E-state index in [-0.39, 0.29) is 12.1 Å². The van der Waals surface area contributed by atoms with Crippen molar-refractivity contribution in [1.29, 1.82) is 0 Å². The van der Waals surface area contributed by atoms with Gasteiger partial charge in [-0.15, -0.1) is 0 Å². The number of nitrogens with zero attached hydrogens (tertiary/aromatic N) is 1. The van der Waals surface area contributed by atoms with Crippen molar-refractivity contribution in [1.82, 2.24) is 4.90 Å². The van der Waals surface area contributed by atoms with Gasteiger partial charge in [-0.25, -0.2) is 4.79 Å². The van der Waals surface area contributed by atoms with Crippen molar-refractivity contribution in [3.05, 3.63) is 29.3 Å². The van der Waals surface area contributed by atoms with Crippen LogP contribution in [0.1, 0.15) is 29.3 Å². The minimum Gasteiger partial charge on any atom is -0.489 e. The van der Waals surface area contributed by atoms with E-state index in [0.717, 1.165) is 37.4 Å². The van der Waals surface area contributed by atoms with Crippen LogP contribution in [0.5, 0.6) is 5.75 Å². The van der Waals surface area contributed by atoms with Gasteiger partial charge in [0.2, 0.25) is 0 Å². The Morgan fingerprint density at radius 2 is 2.39 bits per heavy atom. The number of esters is 1. The van der Waals surface area contributed by atoms with E-state index in [1.807, 2.05) is 12.1 Å². The second-order valence-corrected chi connectivity index (χ2v) is 4.82. The van der Waals surface area contributed by atoms with Gasteiger partial charge in [0, 0.05) is 18.7 Å². The molecule has 2 aliphatic heterocycles.